The summed E-state index contributed by atoms with van der Waals surface area (Å²) in [7, 11) is -2.06. The molecule has 0 fully saturated rings. The van der Waals surface area contributed by atoms with E-state index in [1.54, 1.807) is 12.1 Å². The van der Waals surface area contributed by atoms with Gasteiger partial charge in [-0.15, -0.1) is 0 Å². The number of benzene rings is 1. The monoisotopic (exact) mass is 286 g/mol. The Labute approximate surface area is 112 Å². The molecule has 6 nitrogen and oxygen atoms in total. The van der Waals surface area contributed by atoms with Crippen molar-refractivity contribution in [1.29, 1.82) is 0 Å². The minimum atomic E-state index is -3.42. The van der Waals surface area contributed by atoms with Crippen LogP contribution >= 0.6 is 0 Å². The molecule has 0 aliphatic carbocycles. The highest BCUT2D eigenvalue weighted by Gasteiger charge is 2.11. The number of rotatable bonds is 7. The number of carboxylic acid groups (broad SMARTS) is 1. The summed E-state index contributed by atoms with van der Waals surface area (Å²) in [5.41, 5.74) is 0.757. The fraction of sp³-hybridized carbons (Fsp3) is 0.417. The van der Waals surface area contributed by atoms with Gasteiger partial charge in [0.15, 0.2) is 0 Å². The first-order valence-corrected chi connectivity index (χ1v) is 7.35. The van der Waals surface area contributed by atoms with E-state index in [1.165, 1.54) is 19.2 Å². The number of hydrogen-bond acceptors (Lipinski definition) is 4. The highest BCUT2D eigenvalue weighted by molar-refractivity contribution is 7.89. The number of carboxylic acids is 1. The molecule has 0 aliphatic heterocycles. The van der Waals surface area contributed by atoms with Crippen LogP contribution in [0.4, 0.5) is 5.69 Å². The molecule has 0 aromatic heterocycles. The van der Waals surface area contributed by atoms with Gasteiger partial charge < -0.3 is 10.4 Å². The van der Waals surface area contributed by atoms with Crippen molar-refractivity contribution in [2.24, 2.45) is 0 Å². The molecule has 0 spiro atoms. The fourth-order valence-electron chi connectivity index (χ4n) is 1.54. The third kappa shape index (κ3) is 4.88. The lowest BCUT2D eigenvalue weighted by molar-refractivity contribution is -0.137. The summed E-state index contributed by atoms with van der Waals surface area (Å²) in [6.07, 6.45) is 0.603. The van der Waals surface area contributed by atoms with Gasteiger partial charge in [0.25, 0.3) is 0 Å². The Hall–Kier alpha value is -1.60. The van der Waals surface area contributed by atoms with Crippen LogP contribution in [0.5, 0.6) is 0 Å². The van der Waals surface area contributed by atoms with Crippen molar-refractivity contribution in [2.45, 2.75) is 30.7 Å². The predicted molar refractivity (Wildman–Crippen MR) is 72.6 cm³/mol. The maximum absolute atomic E-state index is 11.5. The van der Waals surface area contributed by atoms with Gasteiger partial charge in [-0.1, -0.05) is 0 Å². The van der Waals surface area contributed by atoms with Gasteiger partial charge in [-0.2, -0.15) is 0 Å². The average Bonchev–Trinajstić information content (AvgIpc) is 2.37. The Bertz CT molecular complexity index is 525. The van der Waals surface area contributed by atoms with Gasteiger partial charge in [-0.3, -0.25) is 4.79 Å². The largest absolute Gasteiger partial charge is 0.481 e. The predicted octanol–water partition coefficient (Wildman–Crippen LogP) is 1.26. The van der Waals surface area contributed by atoms with E-state index >= 15 is 0 Å². The summed E-state index contributed by atoms with van der Waals surface area (Å²) in [6, 6.07) is 6.31. The van der Waals surface area contributed by atoms with Crippen molar-refractivity contribution in [3.05, 3.63) is 24.3 Å². The van der Waals surface area contributed by atoms with E-state index in [1.807, 2.05) is 6.92 Å². The van der Waals surface area contributed by atoms with Crippen LogP contribution in [0.3, 0.4) is 0 Å². The van der Waals surface area contributed by atoms with Crippen LogP contribution in [0, 0.1) is 0 Å². The van der Waals surface area contributed by atoms with Gasteiger partial charge in [0.1, 0.15) is 0 Å². The first-order chi connectivity index (χ1) is 8.85. The lowest BCUT2D eigenvalue weighted by Gasteiger charge is -2.14. The quantitative estimate of drug-likeness (QED) is 0.701. The molecule has 3 N–H and O–H groups in total. The molecule has 1 aromatic rings. The van der Waals surface area contributed by atoms with Crippen LogP contribution in [-0.4, -0.2) is 32.6 Å². The van der Waals surface area contributed by atoms with Gasteiger partial charge in [-0.05, 0) is 44.7 Å². The van der Waals surface area contributed by atoms with Crippen molar-refractivity contribution in [3.8, 4) is 0 Å². The molecular weight excluding hydrogens is 268 g/mol. The van der Waals surface area contributed by atoms with Crippen molar-refractivity contribution in [1.82, 2.24) is 4.72 Å². The van der Waals surface area contributed by atoms with Gasteiger partial charge in [0.05, 0.1) is 4.90 Å². The Kier molecular flexibility index (Phi) is 5.31. The van der Waals surface area contributed by atoms with E-state index in [0.29, 0.717) is 6.42 Å². The number of hydrogen-bond donors (Lipinski definition) is 3. The van der Waals surface area contributed by atoms with Crippen molar-refractivity contribution in [3.63, 3.8) is 0 Å². The minimum absolute atomic E-state index is 0.00265. The van der Waals surface area contributed by atoms with E-state index in [2.05, 4.69) is 10.0 Å². The molecule has 0 saturated heterocycles. The molecule has 1 unspecified atom stereocenters. The van der Waals surface area contributed by atoms with Crippen LogP contribution in [0.15, 0.2) is 29.2 Å². The summed E-state index contributed by atoms with van der Waals surface area (Å²) >= 11 is 0. The van der Waals surface area contributed by atoms with Crippen molar-refractivity contribution in [2.75, 3.05) is 12.4 Å². The van der Waals surface area contributed by atoms with E-state index in [0.717, 1.165) is 5.69 Å². The van der Waals surface area contributed by atoms with Crippen LogP contribution in [0.25, 0.3) is 0 Å². The molecule has 0 heterocycles. The molecule has 0 radical (unpaired) electrons. The molecule has 0 bridgehead atoms. The van der Waals surface area contributed by atoms with Gasteiger partial charge in [0, 0.05) is 18.2 Å². The second-order valence-corrected chi connectivity index (χ2v) is 6.10. The Morgan fingerprint density at radius 1 is 1.32 bits per heavy atom. The smallest absolute Gasteiger partial charge is 0.303 e. The van der Waals surface area contributed by atoms with Gasteiger partial charge in [-0.25, -0.2) is 13.1 Å². The lowest BCUT2D eigenvalue weighted by atomic mass is 10.1. The van der Waals surface area contributed by atoms with Crippen molar-refractivity contribution >= 4 is 21.7 Å². The highest BCUT2D eigenvalue weighted by Crippen LogP contribution is 2.15. The van der Waals surface area contributed by atoms with E-state index < -0.39 is 16.0 Å². The SMILES string of the molecule is CNS(=O)(=O)c1ccc(NC(C)CCC(=O)O)cc1. The molecule has 1 rings (SSSR count). The zero-order valence-corrected chi connectivity index (χ0v) is 11.7. The maximum atomic E-state index is 11.5. The van der Waals surface area contributed by atoms with Crippen LogP contribution < -0.4 is 10.0 Å². The Morgan fingerprint density at radius 2 is 1.89 bits per heavy atom. The van der Waals surface area contributed by atoms with Crippen LogP contribution in [0.2, 0.25) is 0 Å². The van der Waals surface area contributed by atoms with Crippen molar-refractivity contribution < 1.29 is 18.3 Å². The van der Waals surface area contributed by atoms with E-state index in [9.17, 15) is 13.2 Å². The summed E-state index contributed by atoms with van der Waals surface area (Å²) in [4.78, 5) is 10.6. The first kappa shape index (κ1) is 15.5. The van der Waals surface area contributed by atoms with Gasteiger partial charge in [0.2, 0.25) is 10.0 Å². The number of aliphatic carboxylic acids is 1. The minimum Gasteiger partial charge on any atom is -0.481 e. The van der Waals surface area contributed by atoms with Crippen LogP contribution in [0.1, 0.15) is 19.8 Å². The highest BCUT2D eigenvalue weighted by atomic mass is 32.2. The Balaban J connectivity index is 2.65. The summed E-state index contributed by atoms with van der Waals surface area (Å²) in [6.45, 7) is 1.88. The topological polar surface area (TPSA) is 95.5 Å². The number of carbonyl (C=O) groups is 1. The molecule has 7 heteroatoms. The average molecular weight is 286 g/mol. The molecule has 0 aliphatic rings. The number of nitrogens with one attached hydrogen (secondary N) is 2. The maximum Gasteiger partial charge on any atom is 0.303 e. The number of anilines is 1. The third-order valence-electron chi connectivity index (χ3n) is 2.64. The lowest BCUT2D eigenvalue weighted by Crippen LogP contribution is -2.19. The fourth-order valence-corrected chi connectivity index (χ4v) is 2.27. The first-order valence-electron chi connectivity index (χ1n) is 5.87. The molecule has 1 aromatic carbocycles. The summed E-state index contributed by atoms with van der Waals surface area (Å²) < 4.78 is 25.3. The molecule has 19 heavy (non-hydrogen) atoms. The van der Waals surface area contributed by atoms with E-state index in [-0.39, 0.29) is 17.4 Å². The summed E-state index contributed by atoms with van der Waals surface area (Å²) in [5.74, 6) is -0.830. The Morgan fingerprint density at radius 3 is 2.37 bits per heavy atom. The molecule has 1 atom stereocenters. The zero-order valence-electron chi connectivity index (χ0n) is 10.9. The second kappa shape index (κ2) is 6.53. The normalized spacial score (nSPS) is 12.9. The second-order valence-electron chi connectivity index (χ2n) is 4.21. The molecule has 106 valence electrons. The standard InChI is InChI=1S/C12H18N2O4S/c1-9(3-8-12(15)16)14-10-4-6-11(7-5-10)19(17,18)13-2/h4-7,9,13-14H,3,8H2,1-2H3,(H,15,16). The number of sulfonamides is 1. The molecule has 0 amide bonds. The van der Waals surface area contributed by atoms with E-state index in [4.69, 9.17) is 5.11 Å². The molecular formula is C12H18N2O4S. The third-order valence-corrected chi connectivity index (χ3v) is 4.07. The zero-order chi connectivity index (χ0) is 14.5. The van der Waals surface area contributed by atoms with Gasteiger partial charge >= 0.3 is 5.97 Å². The van der Waals surface area contributed by atoms with Crippen LogP contribution in [-0.2, 0) is 14.8 Å². The summed E-state index contributed by atoms with van der Waals surface area (Å²) in [5, 5.41) is 11.7. The molecule has 0 saturated carbocycles.